The van der Waals surface area contributed by atoms with Crippen LogP contribution in [0.25, 0.3) is 0 Å². The lowest BCUT2D eigenvalue weighted by atomic mass is 10.2. The predicted octanol–water partition coefficient (Wildman–Crippen LogP) is 3.22. The van der Waals surface area contributed by atoms with Crippen molar-refractivity contribution >= 4 is 33.4 Å². The summed E-state index contributed by atoms with van der Waals surface area (Å²) >= 11 is 1.33. The number of benzene rings is 2. The molecule has 1 aliphatic heterocycles. The minimum absolute atomic E-state index is 0.179. The van der Waals surface area contributed by atoms with Gasteiger partial charge in [-0.25, -0.2) is 8.42 Å². The Morgan fingerprint density at radius 1 is 1.07 bits per heavy atom. The van der Waals surface area contributed by atoms with E-state index in [1.807, 2.05) is 0 Å². The van der Waals surface area contributed by atoms with Crippen molar-refractivity contribution in [2.75, 3.05) is 38.4 Å². The van der Waals surface area contributed by atoms with E-state index in [9.17, 15) is 13.2 Å². The Hall–Kier alpha value is -2.23. The van der Waals surface area contributed by atoms with Gasteiger partial charge in [0.1, 0.15) is 11.5 Å². The molecule has 156 valence electrons. The molecule has 2 aromatic carbocycles. The van der Waals surface area contributed by atoms with E-state index in [-0.39, 0.29) is 16.6 Å². The number of carbonyl (C=O) groups excluding carboxylic acids is 1. The number of methoxy groups -OCH3 is 2. The summed E-state index contributed by atoms with van der Waals surface area (Å²) in [5.74, 6) is 1.14. The number of thioether (sulfide) groups is 1. The van der Waals surface area contributed by atoms with Crippen molar-refractivity contribution in [1.29, 1.82) is 0 Å². The Kier molecular flexibility index (Phi) is 7.05. The standard InChI is InChI=1S/C20H24N2O5S2/c1-26-15-5-10-19(27-2)18(13-15)21-20(23)14-28-16-6-8-17(9-7-16)29(24,25)22-11-3-4-12-22/h5-10,13H,3-4,11-12,14H2,1-2H3,(H,21,23). The number of hydrogen-bond acceptors (Lipinski definition) is 6. The smallest absolute Gasteiger partial charge is 0.243 e. The molecule has 1 amide bonds. The first-order chi connectivity index (χ1) is 13.9. The number of rotatable bonds is 8. The van der Waals surface area contributed by atoms with Crippen LogP contribution in [0, 0.1) is 0 Å². The predicted molar refractivity (Wildman–Crippen MR) is 113 cm³/mol. The van der Waals surface area contributed by atoms with Gasteiger partial charge in [-0.1, -0.05) is 0 Å². The molecule has 29 heavy (non-hydrogen) atoms. The van der Waals surface area contributed by atoms with Crippen LogP contribution in [0.1, 0.15) is 12.8 Å². The molecule has 0 aliphatic carbocycles. The van der Waals surface area contributed by atoms with Gasteiger partial charge in [-0.2, -0.15) is 4.31 Å². The lowest BCUT2D eigenvalue weighted by Crippen LogP contribution is -2.27. The monoisotopic (exact) mass is 436 g/mol. The fourth-order valence-electron chi connectivity index (χ4n) is 3.03. The Balaban J connectivity index is 1.59. The molecular formula is C20H24N2O5S2. The average molecular weight is 437 g/mol. The molecule has 0 aromatic heterocycles. The minimum atomic E-state index is -3.42. The maximum Gasteiger partial charge on any atom is 0.243 e. The van der Waals surface area contributed by atoms with E-state index in [2.05, 4.69) is 5.32 Å². The van der Waals surface area contributed by atoms with Crippen LogP contribution in [-0.2, 0) is 14.8 Å². The summed E-state index contributed by atoms with van der Waals surface area (Å²) in [4.78, 5) is 13.4. The van der Waals surface area contributed by atoms with Crippen molar-refractivity contribution in [3.05, 3.63) is 42.5 Å². The maximum atomic E-state index is 12.6. The van der Waals surface area contributed by atoms with Crippen molar-refractivity contribution in [2.45, 2.75) is 22.6 Å². The maximum absolute atomic E-state index is 12.6. The zero-order chi connectivity index (χ0) is 20.9. The highest BCUT2D eigenvalue weighted by Gasteiger charge is 2.26. The van der Waals surface area contributed by atoms with E-state index in [1.54, 1.807) is 49.6 Å². The van der Waals surface area contributed by atoms with Gasteiger partial charge in [0.25, 0.3) is 0 Å². The van der Waals surface area contributed by atoms with Gasteiger partial charge in [0.15, 0.2) is 0 Å². The summed E-state index contributed by atoms with van der Waals surface area (Å²) in [5.41, 5.74) is 0.532. The molecular weight excluding hydrogens is 412 g/mol. The molecule has 0 atom stereocenters. The van der Waals surface area contributed by atoms with Crippen LogP contribution >= 0.6 is 11.8 Å². The number of anilines is 1. The van der Waals surface area contributed by atoms with Crippen molar-refractivity contribution in [3.8, 4) is 11.5 Å². The van der Waals surface area contributed by atoms with Crippen LogP contribution in [0.2, 0.25) is 0 Å². The molecule has 0 unspecified atom stereocenters. The fourth-order valence-corrected chi connectivity index (χ4v) is 5.25. The fraction of sp³-hybridized carbons (Fsp3) is 0.350. The topological polar surface area (TPSA) is 84.9 Å². The van der Waals surface area contributed by atoms with E-state index >= 15 is 0 Å². The van der Waals surface area contributed by atoms with E-state index < -0.39 is 10.0 Å². The van der Waals surface area contributed by atoms with Gasteiger partial charge in [0, 0.05) is 24.1 Å². The molecule has 3 rings (SSSR count). The second-order valence-electron chi connectivity index (χ2n) is 6.49. The molecule has 9 heteroatoms. The Bertz CT molecular complexity index is 955. The van der Waals surface area contributed by atoms with E-state index in [0.29, 0.717) is 30.3 Å². The average Bonchev–Trinajstić information content (AvgIpc) is 3.28. The van der Waals surface area contributed by atoms with Crippen molar-refractivity contribution < 1.29 is 22.7 Å². The Labute approximate surface area is 175 Å². The summed E-state index contributed by atoms with van der Waals surface area (Å²) in [6.07, 6.45) is 1.81. The van der Waals surface area contributed by atoms with Crippen LogP contribution in [-0.4, -0.2) is 51.7 Å². The van der Waals surface area contributed by atoms with Crippen molar-refractivity contribution in [1.82, 2.24) is 4.31 Å². The summed E-state index contributed by atoms with van der Waals surface area (Å²) < 4.78 is 37.1. The molecule has 1 saturated heterocycles. The van der Waals surface area contributed by atoms with Crippen LogP contribution in [0.15, 0.2) is 52.3 Å². The second kappa shape index (κ2) is 9.51. The second-order valence-corrected chi connectivity index (χ2v) is 9.47. The zero-order valence-electron chi connectivity index (χ0n) is 16.4. The summed E-state index contributed by atoms with van der Waals surface area (Å²) in [5, 5.41) is 2.81. The van der Waals surface area contributed by atoms with Crippen molar-refractivity contribution in [3.63, 3.8) is 0 Å². The van der Waals surface area contributed by atoms with E-state index in [1.165, 1.54) is 23.2 Å². The van der Waals surface area contributed by atoms with Gasteiger partial charge in [-0.05, 0) is 49.2 Å². The quantitative estimate of drug-likeness (QED) is 0.640. The molecule has 0 spiro atoms. The number of ether oxygens (including phenoxy) is 2. The first-order valence-electron chi connectivity index (χ1n) is 9.19. The van der Waals surface area contributed by atoms with Gasteiger partial charge in [0.05, 0.1) is 30.6 Å². The lowest BCUT2D eigenvalue weighted by Gasteiger charge is -2.15. The number of hydrogen-bond donors (Lipinski definition) is 1. The first kappa shape index (κ1) is 21.5. The SMILES string of the molecule is COc1ccc(OC)c(NC(=O)CSc2ccc(S(=O)(=O)N3CCCC3)cc2)c1. The molecule has 0 radical (unpaired) electrons. The zero-order valence-corrected chi connectivity index (χ0v) is 18.0. The number of amides is 1. The van der Waals surface area contributed by atoms with Crippen molar-refractivity contribution in [2.24, 2.45) is 0 Å². The van der Waals surface area contributed by atoms with Crippen LogP contribution in [0.5, 0.6) is 11.5 Å². The summed E-state index contributed by atoms with van der Waals surface area (Å²) in [6, 6.07) is 11.8. The number of carbonyl (C=O) groups is 1. The normalized spacial score (nSPS) is 14.6. The Morgan fingerprint density at radius 2 is 1.76 bits per heavy atom. The summed E-state index contributed by atoms with van der Waals surface area (Å²) in [7, 11) is -0.339. The van der Waals surface area contributed by atoms with E-state index in [0.717, 1.165) is 17.7 Å². The van der Waals surface area contributed by atoms with Crippen LogP contribution in [0.3, 0.4) is 0 Å². The third-order valence-corrected chi connectivity index (χ3v) is 7.50. The molecule has 1 fully saturated rings. The van der Waals surface area contributed by atoms with Gasteiger partial charge in [-0.15, -0.1) is 11.8 Å². The van der Waals surface area contributed by atoms with E-state index in [4.69, 9.17) is 9.47 Å². The first-order valence-corrected chi connectivity index (χ1v) is 11.6. The highest BCUT2D eigenvalue weighted by atomic mass is 32.2. The van der Waals surface area contributed by atoms with Crippen LogP contribution in [0.4, 0.5) is 5.69 Å². The van der Waals surface area contributed by atoms with Gasteiger partial charge >= 0.3 is 0 Å². The molecule has 1 heterocycles. The minimum Gasteiger partial charge on any atom is -0.497 e. The third-order valence-electron chi connectivity index (χ3n) is 4.58. The lowest BCUT2D eigenvalue weighted by molar-refractivity contribution is -0.113. The molecule has 7 nitrogen and oxygen atoms in total. The largest absolute Gasteiger partial charge is 0.497 e. The molecule has 2 aromatic rings. The molecule has 1 aliphatic rings. The molecule has 1 N–H and O–H groups in total. The number of nitrogens with one attached hydrogen (secondary N) is 1. The highest BCUT2D eigenvalue weighted by molar-refractivity contribution is 8.00. The van der Waals surface area contributed by atoms with Crippen LogP contribution < -0.4 is 14.8 Å². The number of nitrogens with zero attached hydrogens (tertiary/aromatic N) is 1. The third kappa shape index (κ3) is 5.23. The number of sulfonamides is 1. The Morgan fingerprint density at radius 3 is 2.38 bits per heavy atom. The van der Waals surface area contributed by atoms with Gasteiger partial charge < -0.3 is 14.8 Å². The van der Waals surface area contributed by atoms with Gasteiger partial charge in [0.2, 0.25) is 15.9 Å². The summed E-state index contributed by atoms with van der Waals surface area (Å²) in [6.45, 7) is 1.15. The van der Waals surface area contributed by atoms with Gasteiger partial charge in [-0.3, -0.25) is 4.79 Å². The highest BCUT2D eigenvalue weighted by Crippen LogP contribution is 2.29. The molecule has 0 saturated carbocycles. The molecule has 0 bridgehead atoms.